The molecule has 24 heavy (non-hydrogen) atoms. The first kappa shape index (κ1) is 18.5. The topological polar surface area (TPSA) is 83.1 Å². The molecule has 1 aliphatic rings. The zero-order valence-corrected chi connectivity index (χ0v) is 14.5. The summed E-state index contributed by atoms with van der Waals surface area (Å²) < 4.78 is 11.1. The number of aliphatic hydroxyl groups excluding tert-OH is 1. The average molecular weight is 337 g/mol. The number of aliphatic hydroxyl groups is 1. The molecule has 1 aromatic rings. The number of ether oxygens (including phenoxy) is 2. The van der Waals surface area contributed by atoms with Gasteiger partial charge in [-0.2, -0.15) is 0 Å². The van der Waals surface area contributed by atoms with Gasteiger partial charge < -0.3 is 30.1 Å². The van der Waals surface area contributed by atoms with Gasteiger partial charge in [-0.15, -0.1) is 0 Å². The van der Waals surface area contributed by atoms with Gasteiger partial charge in [-0.1, -0.05) is 6.07 Å². The first-order valence-corrected chi connectivity index (χ1v) is 8.13. The molecule has 2 rings (SSSR count). The number of hydrogen-bond acceptors (Lipinski definition) is 6. The Morgan fingerprint density at radius 1 is 1.42 bits per heavy atom. The fraction of sp³-hybridized carbons (Fsp3) is 0.588. The van der Waals surface area contributed by atoms with Crippen molar-refractivity contribution in [2.45, 2.75) is 25.1 Å². The van der Waals surface area contributed by atoms with E-state index in [1.165, 1.54) is 0 Å². The number of methoxy groups -OCH3 is 1. The normalized spacial score (nSPS) is 20.2. The Morgan fingerprint density at radius 3 is 2.83 bits per heavy atom. The van der Waals surface area contributed by atoms with Gasteiger partial charge >= 0.3 is 0 Å². The Labute approximate surface area is 142 Å². The van der Waals surface area contributed by atoms with E-state index in [2.05, 4.69) is 10.6 Å². The van der Waals surface area contributed by atoms with E-state index in [9.17, 15) is 9.90 Å². The highest BCUT2D eigenvalue weighted by Gasteiger charge is 2.27. The summed E-state index contributed by atoms with van der Waals surface area (Å²) in [6.45, 7) is 2.27. The Morgan fingerprint density at radius 2 is 2.21 bits per heavy atom. The van der Waals surface area contributed by atoms with Crippen LogP contribution in [0.25, 0.3) is 0 Å². The van der Waals surface area contributed by atoms with Gasteiger partial charge in [-0.3, -0.25) is 4.79 Å². The van der Waals surface area contributed by atoms with Crippen LogP contribution in [0.2, 0.25) is 0 Å². The van der Waals surface area contributed by atoms with E-state index in [1.807, 2.05) is 37.2 Å². The van der Waals surface area contributed by atoms with Gasteiger partial charge in [0.1, 0.15) is 6.61 Å². The molecule has 2 unspecified atom stereocenters. The summed E-state index contributed by atoms with van der Waals surface area (Å²) in [5.41, 5.74) is 0.929. The molecule has 1 aromatic carbocycles. The highest BCUT2D eigenvalue weighted by Crippen LogP contribution is 2.28. The summed E-state index contributed by atoms with van der Waals surface area (Å²) in [5, 5.41) is 15.3. The van der Waals surface area contributed by atoms with Crippen molar-refractivity contribution >= 4 is 5.91 Å². The summed E-state index contributed by atoms with van der Waals surface area (Å²) >= 11 is 0. The van der Waals surface area contributed by atoms with Gasteiger partial charge in [-0.25, -0.2) is 0 Å². The third kappa shape index (κ3) is 5.36. The fourth-order valence-corrected chi connectivity index (χ4v) is 2.51. The maximum absolute atomic E-state index is 12.0. The third-order valence-corrected chi connectivity index (χ3v) is 3.91. The Balaban J connectivity index is 1.88. The van der Waals surface area contributed by atoms with Gasteiger partial charge in [0.05, 0.1) is 19.3 Å². The SMILES string of the molecule is COc1cc(CNC(=O)C2CC(O)CN2)ccc1OCCN(C)C. The van der Waals surface area contributed by atoms with Crippen LogP contribution in [0, 0.1) is 0 Å². The molecule has 1 saturated heterocycles. The van der Waals surface area contributed by atoms with Gasteiger partial charge in [0, 0.05) is 19.6 Å². The largest absolute Gasteiger partial charge is 0.493 e. The number of nitrogens with zero attached hydrogens (tertiary/aromatic N) is 1. The molecule has 0 radical (unpaired) electrons. The van der Waals surface area contributed by atoms with Crippen LogP contribution in [0.5, 0.6) is 11.5 Å². The van der Waals surface area contributed by atoms with Gasteiger partial charge in [0.15, 0.2) is 11.5 Å². The molecule has 1 amide bonds. The number of likely N-dealkylation sites (N-methyl/N-ethyl adjacent to an activating group) is 1. The summed E-state index contributed by atoms with van der Waals surface area (Å²) in [4.78, 5) is 14.1. The number of rotatable bonds is 8. The number of benzene rings is 1. The molecule has 0 aliphatic carbocycles. The monoisotopic (exact) mass is 337 g/mol. The molecular weight excluding hydrogens is 310 g/mol. The second-order valence-corrected chi connectivity index (χ2v) is 6.21. The number of carbonyl (C=O) groups is 1. The molecule has 0 spiro atoms. The Bertz CT molecular complexity index is 551. The number of carbonyl (C=O) groups excluding carboxylic acids is 1. The third-order valence-electron chi connectivity index (χ3n) is 3.91. The van der Waals surface area contributed by atoms with E-state index in [4.69, 9.17) is 9.47 Å². The lowest BCUT2D eigenvalue weighted by atomic mass is 10.1. The van der Waals surface area contributed by atoms with Crippen LogP contribution in [0.3, 0.4) is 0 Å². The van der Waals surface area contributed by atoms with Crippen molar-refractivity contribution in [3.8, 4) is 11.5 Å². The van der Waals surface area contributed by atoms with Crippen LogP contribution in [0.15, 0.2) is 18.2 Å². The van der Waals surface area contributed by atoms with Crippen molar-refractivity contribution in [1.29, 1.82) is 0 Å². The van der Waals surface area contributed by atoms with Crippen molar-refractivity contribution in [2.75, 3.05) is 40.9 Å². The van der Waals surface area contributed by atoms with Crippen molar-refractivity contribution < 1.29 is 19.4 Å². The Hall–Kier alpha value is -1.83. The number of nitrogens with one attached hydrogen (secondary N) is 2. The standard InChI is InChI=1S/C17H27N3O4/c1-20(2)6-7-24-15-5-4-12(8-16(15)23-3)10-19-17(22)14-9-13(21)11-18-14/h4-5,8,13-14,18,21H,6-7,9-11H2,1-3H3,(H,19,22). The zero-order chi connectivity index (χ0) is 17.5. The zero-order valence-electron chi connectivity index (χ0n) is 14.5. The van der Waals surface area contributed by atoms with E-state index >= 15 is 0 Å². The maximum atomic E-state index is 12.0. The predicted octanol–water partition coefficient (Wildman–Crippen LogP) is -0.0254. The molecule has 1 aliphatic heterocycles. The van der Waals surface area contributed by atoms with Gasteiger partial charge in [0.2, 0.25) is 5.91 Å². The minimum absolute atomic E-state index is 0.100. The summed E-state index contributed by atoms with van der Waals surface area (Å²) in [6.07, 6.45) is 0.00723. The second kappa shape index (κ2) is 8.86. The van der Waals surface area contributed by atoms with Crippen LogP contribution in [0.4, 0.5) is 0 Å². The van der Waals surface area contributed by atoms with Crippen LogP contribution in [0.1, 0.15) is 12.0 Å². The van der Waals surface area contributed by atoms with Crippen LogP contribution in [-0.2, 0) is 11.3 Å². The van der Waals surface area contributed by atoms with Crippen LogP contribution in [-0.4, -0.2) is 69.0 Å². The quantitative estimate of drug-likeness (QED) is 0.618. The molecule has 2 atom stereocenters. The molecule has 3 N–H and O–H groups in total. The van der Waals surface area contributed by atoms with Gasteiger partial charge in [0.25, 0.3) is 0 Å². The van der Waals surface area contributed by atoms with Gasteiger partial charge in [-0.05, 0) is 38.2 Å². The molecule has 7 nitrogen and oxygen atoms in total. The van der Waals surface area contributed by atoms with Crippen molar-refractivity contribution in [3.63, 3.8) is 0 Å². The lowest BCUT2D eigenvalue weighted by Gasteiger charge is -2.15. The summed E-state index contributed by atoms with van der Waals surface area (Å²) in [7, 11) is 5.58. The highest BCUT2D eigenvalue weighted by molar-refractivity contribution is 5.82. The minimum atomic E-state index is -0.445. The smallest absolute Gasteiger partial charge is 0.237 e. The van der Waals surface area contributed by atoms with Crippen LogP contribution >= 0.6 is 0 Å². The molecule has 134 valence electrons. The minimum Gasteiger partial charge on any atom is -0.493 e. The van der Waals surface area contributed by atoms with Crippen LogP contribution < -0.4 is 20.1 Å². The maximum Gasteiger partial charge on any atom is 0.237 e. The number of β-amino-alcohol motifs (C(OH)–C–C–N with tert-alkyl or cyclic N) is 1. The summed E-state index contributed by atoms with van der Waals surface area (Å²) in [6, 6.07) is 5.30. The van der Waals surface area contributed by atoms with Crippen molar-refractivity contribution in [1.82, 2.24) is 15.5 Å². The molecular formula is C17H27N3O4. The van der Waals surface area contributed by atoms with E-state index in [-0.39, 0.29) is 11.9 Å². The van der Waals surface area contributed by atoms with Crippen molar-refractivity contribution in [3.05, 3.63) is 23.8 Å². The molecule has 0 aromatic heterocycles. The average Bonchev–Trinajstić information content (AvgIpc) is 2.99. The van der Waals surface area contributed by atoms with E-state index in [0.717, 1.165) is 12.1 Å². The van der Waals surface area contributed by atoms with E-state index < -0.39 is 6.10 Å². The van der Waals surface area contributed by atoms with E-state index in [0.29, 0.717) is 37.6 Å². The van der Waals surface area contributed by atoms with Crippen molar-refractivity contribution in [2.24, 2.45) is 0 Å². The predicted molar refractivity (Wildman–Crippen MR) is 91.3 cm³/mol. The molecule has 0 bridgehead atoms. The summed E-state index contributed by atoms with van der Waals surface area (Å²) in [5.74, 6) is 1.24. The molecule has 0 saturated carbocycles. The molecule has 1 fully saturated rings. The lowest BCUT2D eigenvalue weighted by Crippen LogP contribution is -2.40. The fourth-order valence-electron chi connectivity index (χ4n) is 2.51. The Kier molecular flexibility index (Phi) is 6.84. The highest BCUT2D eigenvalue weighted by atomic mass is 16.5. The molecule has 1 heterocycles. The first-order valence-electron chi connectivity index (χ1n) is 8.13. The molecule has 7 heteroatoms. The number of amides is 1. The first-order chi connectivity index (χ1) is 11.5. The lowest BCUT2D eigenvalue weighted by molar-refractivity contribution is -0.123. The van der Waals surface area contributed by atoms with E-state index in [1.54, 1.807) is 7.11 Å². The second-order valence-electron chi connectivity index (χ2n) is 6.21. The number of hydrogen-bond donors (Lipinski definition) is 3.